The van der Waals surface area contributed by atoms with E-state index in [2.05, 4.69) is 15.9 Å². The zero-order valence-corrected chi connectivity index (χ0v) is 19.6. The standard InChI is InChI=1S/C21H27BrN2O5S/c1-16(2)24(30(26,27)20-9-7-17(22)8-10-20)15-21(25)23(13-18-5-3-11-28-18)14-19-6-4-12-29-19/h3,5,7-11,16,19H,4,6,12-15H2,1-2H3. The van der Waals surface area contributed by atoms with Crippen LogP contribution in [0.4, 0.5) is 0 Å². The van der Waals surface area contributed by atoms with Crippen molar-refractivity contribution in [2.45, 2.75) is 50.3 Å². The second-order valence-corrected chi connectivity index (χ2v) is 10.4. The molecule has 1 unspecified atom stereocenters. The second-order valence-electron chi connectivity index (χ2n) is 7.59. The summed E-state index contributed by atoms with van der Waals surface area (Å²) in [6.07, 6.45) is 3.36. The van der Waals surface area contributed by atoms with Crippen molar-refractivity contribution in [3.8, 4) is 0 Å². The molecule has 3 rings (SSSR count). The quantitative estimate of drug-likeness (QED) is 0.527. The highest BCUT2D eigenvalue weighted by Crippen LogP contribution is 2.22. The van der Waals surface area contributed by atoms with E-state index in [0.29, 0.717) is 18.9 Å². The van der Waals surface area contributed by atoms with Crippen LogP contribution in [0.5, 0.6) is 0 Å². The number of benzene rings is 1. The smallest absolute Gasteiger partial charge is 0.243 e. The molecule has 164 valence electrons. The van der Waals surface area contributed by atoms with Crippen LogP contribution < -0.4 is 0 Å². The summed E-state index contributed by atoms with van der Waals surface area (Å²) in [5.41, 5.74) is 0. The fraction of sp³-hybridized carbons (Fsp3) is 0.476. The number of carbonyl (C=O) groups is 1. The molecule has 0 spiro atoms. The lowest BCUT2D eigenvalue weighted by Gasteiger charge is -2.30. The molecular weight excluding hydrogens is 472 g/mol. The first-order valence-electron chi connectivity index (χ1n) is 9.96. The number of hydrogen-bond donors (Lipinski definition) is 0. The number of rotatable bonds is 9. The third kappa shape index (κ3) is 5.72. The summed E-state index contributed by atoms with van der Waals surface area (Å²) in [6, 6.07) is 9.60. The fourth-order valence-electron chi connectivity index (χ4n) is 3.40. The maximum absolute atomic E-state index is 13.2. The van der Waals surface area contributed by atoms with E-state index in [-0.39, 0.29) is 36.0 Å². The maximum Gasteiger partial charge on any atom is 0.243 e. The molecule has 0 radical (unpaired) electrons. The number of carbonyl (C=O) groups excluding carboxylic acids is 1. The van der Waals surface area contributed by atoms with Crippen LogP contribution in [0.15, 0.2) is 56.4 Å². The Labute approximate surface area is 186 Å². The topological polar surface area (TPSA) is 80.1 Å². The predicted molar refractivity (Wildman–Crippen MR) is 116 cm³/mol. The third-order valence-corrected chi connectivity index (χ3v) is 7.58. The highest BCUT2D eigenvalue weighted by molar-refractivity contribution is 9.10. The van der Waals surface area contributed by atoms with Crippen LogP contribution in [-0.2, 0) is 26.1 Å². The van der Waals surface area contributed by atoms with Crippen molar-refractivity contribution in [2.24, 2.45) is 0 Å². The molecule has 1 aromatic carbocycles. The minimum atomic E-state index is -3.82. The van der Waals surface area contributed by atoms with Gasteiger partial charge >= 0.3 is 0 Å². The molecule has 7 nitrogen and oxygen atoms in total. The first kappa shape index (κ1) is 23.0. The van der Waals surface area contributed by atoms with Crippen molar-refractivity contribution in [3.05, 3.63) is 52.9 Å². The van der Waals surface area contributed by atoms with E-state index < -0.39 is 10.0 Å². The molecule has 1 aliphatic heterocycles. The molecule has 0 aliphatic carbocycles. The number of nitrogens with zero attached hydrogens (tertiary/aromatic N) is 2. The zero-order valence-electron chi connectivity index (χ0n) is 17.2. The molecule has 1 saturated heterocycles. The predicted octanol–water partition coefficient (Wildman–Crippen LogP) is 3.65. The third-order valence-electron chi connectivity index (χ3n) is 5.01. The van der Waals surface area contributed by atoms with Gasteiger partial charge in [-0.15, -0.1) is 0 Å². The van der Waals surface area contributed by atoms with Gasteiger partial charge in [-0.3, -0.25) is 4.79 Å². The lowest BCUT2D eigenvalue weighted by atomic mass is 10.2. The van der Waals surface area contributed by atoms with Gasteiger partial charge in [0.2, 0.25) is 15.9 Å². The van der Waals surface area contributed by atoms with Crippen molar-refractivity contribution in [1.82, 2.24) is 9.21 Å². The molecule has 2 aromatic rings. The average Bonchev–Trinajstić information content (AvgIpc) is 3.39. The molecule has 0 N–H and O–H groups in total. The van der Waals surface area contributed by atoms with Crippen molar-refractivity contribution in [3.63, 3.8) is 0 Å². The number of halogens is 1. The monoisotopic (exact) mass is 498 g/mol. The Morgan fingerprint density at radius 2 is 1.97 bits per heavy atom. The van der Waals surface area contributed by atoms with Crippen LogP contribution in [-0.4, -0.2) is 55.4 Å². The Kier molecular flexibility index (Phi) is 7.73. The van der Waals surface area contributed by atoms with Crippen molar-refractivity contribution in [1.29, 1.82) is 0 Å². The van der Waals surface area contributed by atoms with Gasteiger partial charge in [0.15, 0.2) is 0 Å². The van der Waals surface area contributed by atoms with Crippen LogP contribution in [0, 0.1) is 0 Å². The van der Waals surface area contributed by atoms with Gasteiger partial charge in [0.25, 0.3) is 0 Å². The summed E-state index contributed by atoms with van der Waals surface area (Å²) in [5.74, 6) is 0.365. The molecule has 30 heavy (non-hydrogen) atoms. The molecule has 9 heteroatoms. The molecule has 0 bridgehead atoms. The average molecular weight is 499 g/mol. The number of furan rings is 1. The molecule has 1 amide bonds. The SMILES string of the molecule is CC(C)N(CC(=O)N(Cc1ccco1)CC1CCCO1)S(=O)(=O)c1ccc(Br)cc1. The Bertz CT molecular complexity index is 923. The van der Waals surface area contributed by atoms with Crippen molar-refractivity contribution < 1.29 is 22.4 Å². The number of amides is 1. The van der Waals surface area contributed by atoms with E-state index in [9.17, 15) is 13.2 Å². The number of sulfonamides is 1. The molecule has 1 fully saturated rings. The highest BCUT2D eigenvalue weighted by Gasteiger charge is 2.32. The number of hydrogen-bond acceptors (Lipinski definition) is 5. The first-order valence-corrected chi connectivity index (χ1v) is 12.2. The van der Waals surface area contributed by atoms with E-state index >= 15 is 0 Å². The molecule has 0 saturated carbocycles. The fourth-order valence-corrected chi connectivity index (χ4v) is 5.25. The molecule has 1 atom stereocenters. The van der Waals surface area contributed by atoms with Crippen LogP contribution in [0.2, 0.25) is 0 Å². The molecule has 1 aliphatic rings. The van der Waals surface area contributed by atoms with Crippen LogP contribution in [0.25, 0.3) is 0 Å². The van der Waals surface area contributed by atoms with Gasteiger partial charge in [-0.25, -0.2) is 8.42 Å². The van der Waals surface area contributed by atoms with Gasteiger partial charge in [0, 0.05) is 23.7 Å². The van der Waals surface area contributed by atoms with Crippen molar-refractivity contribution >= 4 is 31.9 Å². The molecule has 1 aromatic heterocycles. The summed E-state index contributed by atoms with van der Waals surface area (Å²) in [7, 11) is -3.82. The number of ether oxygens (including phenoxy) is 1. The Hall–Kier alpha value is -1.68. The van der Waals surface area contributed by atoms with E-state index in [4.69, 9.17) is 9.15 Å². The van der Waals surface area contributed by atoms with Gasteiger partial charge in [-0.05, 0) is 63.1 Å². The molecular formula is C21H27BrN2O5S. The van der Waals surface area contributed by atoms with E-state index in [0.717, 1.165) is 17.3 Å². The Morgan fingerprint density at radius 1 is 1.23 bits per heavy atom. The van der Waals surface area contributed by atoms with Gasteiger partial charge < -0.3 is 14.1 Å². The second kappa shape index (κ2) is 10.1. The summed E-state index contributed by atoms with van der Waals surface area (Å²) in [4.78, 5) is 15.0. The minimum Gasteiger partial charge on any atom is -0.467 e. The normalized spacial score (nSPS) is 17.0. The lowest BCUT2D eigenvalue weighted by Crippen LogP contribution is -2.47. The van der Waals surface area contributed by atoms with E-state index in [1.165, 1.54) is 16.4 Å². The van der Waals surface area contributed by atoms with E-state index in [1.54, 1.807) is 49.3 Å². The Balaban J connectivity index is 1.80. The van der Waals surface area contributed by atoms with E-state index in [1.807, 2.05) is 0 Å². The zero-order chi connectivity index (χ0) is 21.7. The van der Waals surface area contributed by atoms with Gasteiger partial charge in [-0.2, -0.15) is 4.31 Å². The van der Waals surface area contributed by atoms with Gasteiger partial charge in [0.05, 0.1) is 30.4 Å². The van der Waals surface area contributed by atoms with Crippen LogP contribution in [0.1, 0.15) is 32.4 Å². The summed E-state index contributed by atoms with van der Waals surface area (Å²) >= 11 is 3.32. The first-order chi connectivity index (χ1) is 14.3. The van der Waals surface area contributed by atoms with Gasteiger partial charge in [0.1, 0.15) is 5.76 Å². The highest BCUT2D eigenvalue weighted by atomic mass is 79.9. The Morgan fingerprint density at radius 3 is 2.53 bits per heavy atom. The van der Waals surface area contributed by atoms with Crippen molar-refractivity contribution in [2.75, 3.05) is 19.7 Å². The minimum absolute atomic E-state index is 0.0421. The summed E-state index contributed by atoms with van der Waals surface area (Å²) in [5, 5.41) is 0. The summed E-state index contributed by atoms with van der Waals surface area (Å²) in [6.45, 7) is 4.65. The lowest BCUT2D eigenvalue weighted by molar-refractivity contribution is -0.134. The molecule has 2 heterocycles. The van der Waals surface area contributed by atoms with Crippen LogP contribution >= 0.6 is 15.9 Å². The van der Waals surface area contributed by atoms with Crippen LogP contribution in [0.3, 0.4) is 0 Å². The summed E-state index contributed by atoms with van der Waals surface area (Å²) < 4.78 is 39.5. The maximum atomic E-state index is 13.2. The van der Waals surface area contributed by atoms with Gasteiger partial charge in [-0.1, -0.05) is 15.9 Å². The largest absolute Gasteiger partial charge is 0.467 e.